The molecule has 0 unspecified atom stereocenters. The standard InChI is InChI=1S/C14H9ClFIN4OS/c15-13-4-3-12(23-13)14(22)18-6-9-7-21(20-19-9)11-2-1-8(17)5-10(11)16/h1-5,7H,6H2,(H,18,22). The van der Waals surface area contributed by atoms with Gasteiger partial charge < -0.3 is 5.32 Å². The summed E-state index contributed by atoms with van der Waals surface area (Å²) in [7, 11) is 0. The molecule has 3 rings (SSSR count). The van der Waals surface area contributed by atoms with Crippen molar-refractivity contribution in [2.24, 2.45) is 0 Å². The molecule has 0 fully saturated rings. The summed E-state index contributed by atoms with van der Waals surface area (Å²) in [4.78, 5) is 12.4. The molecule has 0 aliphatic carbocycles. The lowest BCUT2D eigenvalue weighted by atomic mass is 10.3. The Kier molecular flexibility index (Phi) is 4.93. The maximum Gasteiger partial charge on any atom is 0.261 e. The average molecular weight is 463 g/mol. The summed E-state index contributed by atoms with van der Waals surface area (Å²) >= 11 is 9.03. The molecule has 5 nitrogen and oxygen atoms in total. The van der Waals surface area contributed by atoms with Crippen molar-refractivity contribution in [1.82, 2.24) is 20.3 Å². The number of hydrogen-bond acceptors (Lipinski definition) is 4. The van der Waals surface area contributed by atoms with E-state index >= 15 is 0 Å². The lowest BCUT2D eigenvalue weighted by molar-refractivity contribution is 0.0954. The van der Waals surface area contributed by atoms with Crippen molar-refractivity contribution in [1.29, 1.82) is 0 Å². The lowest BCUT2D eigenvalue weighted by Crippen LogP contribution is -2.21. The van der Waals surface area contributed by atoms with Gasteiger partial charge in [0, 0.05) is 3.57 Å². The maximum absolute atomic E-state index is 13.9. The van der Waals surface area contributed by atoms with Gasteiger partial charge in [0.05, 0.1) is 22.0 Å². The summed E-state index contributed by atoms with van der Waals surface area (Å²) in [5.74, 6) is -0.623. The minimum absolute atomic E-state index is 0.195. The number of benzene rings is 1. The van der Waals surface area contributed by atoms with E-state index in [1.54, 1.807) is 30.5 Å². The fourth-order valence-corrected chi connectivity index (χ4v) is 3.27. The number of thiophene rings is 1. The van der Waals surface area contributed by atoms with Gasteiger partial charge in [-0.3, -0.25) is 4.79 Å². The smallest absolute Gasteiger partial charge is 0.261 e. The fourth-order valence-electron chi connectivity index (χ4n) is 1.86. The summed E-state index contributed by atoms with van der Waals surface area (Å²) in [6.45, 7) is 0.195. The Hall–Kier alpha value is -1.52. The van der Waals surface area contributed by atoms with Gasteiger partial charge in [-0.05, 0) is 52.9 Å². The third kappa shape index (κ3) is 3.88. The molecule has 1 amide bonds. The number of rotatable bonds is 4. The fraction of sp³-hybridized carbons (Fsp3) is 0.0714. The first-order chi connectivity index (χ1) is 11.0. The second-order valence-corrected chi connectivity index (χ2v) is 7.50. The Balaban J connectivity index is 1.69. The van der Waals surface area contributed by atoms with E-state index in [1.165, 1.54) is 22.1 Å². The molecule has 3 aromatic rings. The Morgan fingerprint density at radius 2 is 2.22 bits per heavy atom. The number of halogens is 3. The van der Waals surface area contributed by atoms with E-state index in [0.29, 0.717) is 20.6 Å². The van der Waals surface area contributed by atoms with Crippen molar-refractivity contribution in [3.8, 4) is 5.69 Å². The van der Waals surface area contributed by atoms with Crippen molar-refractivity contribution in [3.05, 3.63) is 60.8 Å². The summed E-state index contributed by atoms with van der Waals surface area (Å²) in [5.41, 5.74) is 0.833. The molecule has 118 valence electrons. The number of hydrogen-bond donors (Lipinski definition) is 1. The van der Waals surface area contributed by atoms with Crippen LogP contribution in [0.5, 0.6) is 0 Å². The van der Waals surface area contributed by atoms with Gasteiger partial charge in [0.2, 0.25) is 0 Å². The lowest BCUT2D eigenvalue weighted by Gasteiger charge is -2.02. The number of nitrogens with one attached hydrogen (secondary N) is 1. The molecule has 2 heterocycles. The van der Waals surface area contributed by atoms with Crippen LogP contribution < -0.4 is 5.32 Å². The number of nitrogens with zero attached hydrogens (tertiary/aromatic N) is 3. The first kappa shape index (κ1) is 16.3. The van der Waals surface area contributed by atoms with E-state index in [1.807, 2.05) is 22.6 Å². The van der Waals surface area contributed by atoms with Crippen LogP contribution in [0.3, 0.4) is 0 Å². The molecule has 23 heavy (non-hydrogen) atoms. The van der Waals surface area contributed by atoms with Crippen LogP contribution in [0.1, 0.15) is 15.4 Å². The zero-order chi connectivity index (χ0) is 16.4. The Bertz CT molecular complexity index is 866. The molecule has 0 aliphatic rings. The molecule has 9 heteroatoms. The van der Waals surface area contributed by atoms with E-state index in [2.05, 4.69) is 15.6 Å². The predicted octanol–water partition coefficient (Wildman–Crippen LogP) is 3.66. The average Bonchev–Trinajstić information content (AvgIpc) is 3.14. The molecule has 2 aromatic heterocycles. The first-order valence-electron chi connectivity index (χ1n) is 6.43. The molecule has 0 bridgehead atoms. The normalized spacial score (nSPS) is 10.7. The van der Waals surface area contributed by atoms with E-state index in [0.717, 1.165) is 3.57 Å². The molecular weight excluding hydrogens is 454 g/mol. The highest BCUT2D eigenvalue weighted by Gasteiger charge is 2.11. The van der Waals surface area contributed by atoms with Gasteiger partial charge in [-0.2, -0.15) is 0 Å². The van der Waals surface area contributed by atoms with Gasteiger partial charge in [0.1, 0.15) is 17.2 Å². The van der Waals surface area contributed by atoms with Gasteiger partial charge in [-0.1, -0.05) is 16.8 Å². The molecular formula is C14H9ClFIN4OS. The van der Waals surface area contributed by atoms with Crippen LogP contribution in [-0.2, 0) is 6.54 Å². The van der Waals surface area contributed by atoms with Crippen molar-refractivity contribution in [3.63, 3.8) is 0 Å². The van der Waals surface area contributed by atoms with E-state index in [-0.39, 0.29) is 18.3 Å². The highest BCUT2D eigenvalue weighted by atomic mass is 127. The van der Waals surface area contributed by atoms with Gasteiger partial charge in [0.15, 0.2) is 0 Å². The second kappa shape index (κ2) is 6.93. The Morgan fingerprint density at radius 1 is 1.39 bits per heavy atom. The zero-order valence-corrected chi connectivity index (χ0v) is 15.2. The second-order valence-electron chi connectivity index (χ2n) is 4.54. The van der Waals surface area contributed by atoms with Crippen LogP contribution in [0.25, 0.3) is 5.69 Å². The van der Waals surface area contributed by atoms with Crippen molar-refractivity contribution in [2.75, 3.05) is 0 Å². The third-order valence-electron chi connectivity index (χ3n) is 2.92. The van der Waals surface area contributed by atoms with Crippen LogP contribution in [0.15, 0.2) is 36.5 Å². The van der Waals surface area contributed by atoms with Gasteiger partial charge in [-0.25, -0.2) is 9.07 Å². The molecule has 0 aliphatic heterocycles. The summed E-state index contributed by atoms with van der Waals surface area (Å²) < 4.78 is 16.6. The molecule has 1 aromatic carbocycles. The third-order valence-corrected chi connectivity index (χ3v) is 4.83. The highest BCUT2D eigenvalue weighted by molar-refractivity contribution is 14.1. The number of carbonyl (C=O) groups excluding carboxylic acids is 1. The van der Waals surface area contributed by atoms with E-state index in [4.69, 9.17) is 11.6 Å². The van der Waals surface area contributed by atoms with E-state index < -0.39 is 0 Å². The van der Waals surface area contributed by atoms with Gasteiger partial charge in [0.25, 0.3) is 5.91 Å². The van der Waals surface area contributed by atoms with Crippen LogP contribution in [0.4, 0.5) is 4.39 Å². The molecule has 1 N–H and O–H groups in total. The van der Waals surface area contributed by atoms with E-state index in [9.17, 15) is 9.18 Å². The minimum atomic E-state index is -0.384. The first-order valence-corrected chi connectivity index (χ1v) is 8.70. The number of carbonyl (C=O) groups is 1. The SMILES string of the molecule is O=C(NCc1cn(-c2ccc(I)cc2F)nn1)c1ccc(Cl)s1. The zero-order valence-electron chi connectivity index (χ0n) is 11.5. The minimum Gasteiger partial charge on any atom is -0.346 e. The predicted molar refractivity (Wildman–Crippen MR) is 94.5 cm³/mol. The molecule has 0 spiro atoms. The van der Waals surface area contributed by atoms with Crippen molar-refractivity contribution >= 4 is 51.4 Å². The van der Waals surface area contributed by atoms with Gasteiger partial charge in [-0.15, -0.1) is 16.4 Å². The summed E-state index contributed by atoms with van der Waals surface area (Å²) in [6, 6.07) is 8.14. The quantitative estimate of drug-likeness (QED) is 0.602. The Labute approximate surface area is 153 Å². The van der Waals surface area contributed by atoms with Gasteiger partial charge >= 0.3 is 0 Å². The monoisotopic (exact) mass is 462 g/mol. The maximum atomic E-state index is 13.9. The molecule has 0 saturated carbocycles. The van der Waals surface area contributed by atoms with Crippen LogP contribution in [0, 0.1) is 9.39 Å². The molecule has 0 saturated heterocycles. The molecule has 0 atom stereocenters. The number of aromatic nitrogens is 3. The summed E-state index contributed by atoms with van der Waals surface area (Å²) in [5, 5.41) is 10.5. The molecule has 0 radical (unpaired) electrons. The summed E-state index contributed by atoms with van der Waals surface area (Å²) in [6.07, 6.45) is 1.58. The van der Waals surface area contributed by atoms with Crippen molar-refractivity contribution in [2.45, 2.75) is 6.54 Å². The Morgan fingerprint density at radius 3 is 2.91 bits per heavy atom. The largest absolute Gasteiger partial charge is 0.346 e. The highest BCUT2D eigenvalue weighted by Crippen LogP contribution is 2.21. The van der Waals surface area contributed by atoms with Crippen LogP contribution in [0.2, 0.25) is 4.34 Å². The number of amides is 1. The van der Waals surface area contributed by atoms with Crippen LogP contribution in [-0.4, -0.2) is 20.9 Å². The van der Waals surface area contributed by atoms with Crippen LogP contribution >= 0.6 is 45.5 Å². The van der Waals surface area contributed by atoms with Crippen molar-refractivity contribution < 1.29 is 9.18 Å². The topological polar surface area (TPSA) is 59.8 Å².